The third-order valence-electron chi connectivity index (χ3n) is 2.21. The highest BCUT2D eigenvalue weighted by Crippen LogP contribution is 2.11. The predicted octanol–water partition coefficient (Wildman–Crippen LogP) is 0.283. The fraction of sp³-hybridized carbons (Fsp3) is 0.500. The molecule has 9 nitrogen and oxygen atoms in total. The van der Waals surface area contributed by atoms with E-state index in [2.05, 4.69) is 35.7 Å². The third-order valence-corrected chi connectivity index (χ3v) is 2.21. The van der Waals surface area contributed by atoms with Crippen LogP contribution in [0.3, 0.4) is 0 Å². The topological polar surface area (TPSA) is 105 Å². The van der Waals surface area contributed by atoms with Crippen molar-refractivity contribution < 1.29 is 4.52 Å². The molecule has 102 valence electrons. The molecule has 0 bridgehead atoms. The van der Waals surface area contributed by atoms with E-state index >= 15 is 0 Å². The van der Waals surface area contributed by atoms with Crippen molar-refractivity contribution >= 4 is 17.8 Å². The summed E-state index contributed by atoms with van der Waals surface area (Å²) in [5.41, 5.74) is 0. The number of aromatic nitrogens is 5. The lowest BCUT2D eigenvalue weighted by Gasteiger charge is -2.12. The molecule has 9 heteroatoms. The Balaban J connectivity index is 2.12. The molecule has 0 radical (unpaired) electrons. The van der Waals surface area contributed by atoms with Crippen molar-refractivity contribution in [3.8, 4) is 0 Å². The SMILES string of the molecule is CNc1nc(NCc2nc(C)no2)nc(N(C)C)n1. The Hall–Kier alpha value is -2.45. The summed E-state index contributed by atoms with van der Waals surface area (Å²) in [5.74, 6) is 2.57. The molecule has 2 rings (SSSR count). The average molecular weight is 264 g/mol. The van der Waals surface area contributed by atoms with E-state index in [1.54, 1.807) is 18.9 Å². The Morgan fingerprint density at radius 3 is 2.42 bits per heavy atom. The van der Waals surface area contributed by atoms with Crippen molar-refractivity contribution in [3.05, 3.63) is 11.7 Å². The van der Waals surface area contributed by atoms with Gasteiger partial charge in [0.15, 0.2) is 5.82 Å². The molecule has 2 N–H and O–H groups in total. The van der Waals surface area contributed by atoms with Crippen LogP contribution in [0.5, 0.6) is 0 Å². The molecule has 0 atom stereocenters. The summed E-state index contributed by atoms with van der Waals surface area (Å²) in [6.45, 7) is 2.13. The number of nitrogens with one attached hydrogen (secondary N) is 2. The van der Waals surface area contributed by atoms with Crippen molar-refractivity contribution in [1.82, 2.24) is 25.1 Å². The lowest BCUT2D eigenvalue weighted by Crippen LogP contribution is -2.16. The molecule has 0 spiro atoms. The molecule has 0 saturated heterocycles. The standard InChI is InChI=1S/C10H16N8O/c1-6-13-7(19-17-6)5-12-9-14-8(11-2)15-10(16-9)18(3)4/h5H2,1-4H3,(H2,11,12,14,15,16). The maximum atomic E-state index is 5.00. The summed E-state index contributed by atoms with van der Waals surface area (Å²) in [5, 5.41) is 9.61. The number of nitrogens with zero attached hydrogens (tertiary/aromatic N) is 6. The Kier molecular flexibility index (Phi) is 3.74. The van der Waals surface area contributed by atoms with Crippen molar-refractivity contribution in [1.29, 1.82) is 0 Å². The zero-order valence-corrected chi connectivity index (χ0v) is 11.3. The van der Waals surface area contributed by atoms with Crippen LogP contribution >= 0.6 is 0 Å². The van der Waals surface area contributed by atoms with Gasteiger partial charge in [0.1, 0.15) is 0 Å². The Morgan fingerprint density at radius 1 is 1.11 bits per heavy atom. The van der Waals surface area contributed by atoms with Crippen LogP contribution < -0.4 is 15.5 Å². The lowest BCUT2D eigenvalue weighted by molar-refractivity contribution is 0.379. The molecule has 0 saturated carbocycles. The molecule has 2 heterocycles. The number of rotatable bonds is 5. The zero-order chi connectivity index (χ0) is 13.8. The second-order valence-electron chi connectivity index (χ2n) is 4.02. The summed E-state index contributed by atoms with van der Waals surface area (Å²) in [6.07, 6.45) is 0. The van der Waals surface area contributed by atoms with Crippen LogP contribution in [0.25, 0.3) is 0 Å². The van der Waals surface area contributed by atoms with E-state index in [9.17, 15) is 0 Å². The van der Waals surface area contributed by atoms with Crippen LogP contribution in [0.15, 0.2) is 4.52 Å². The van der Waals surface area contributed by atoms with Gasteiger partial charge in [-0.25, -0.2) is 0 Å². The van der Waals surface area contributed by atoms with E-state index in [4.69, 9.17) is 4.52 Å². The fourth-order valence-corrected chi connectivity index (χ4v) is 1.32. The van der Waals surface area contributed by atoms with E-state index in [0.717, 1.165) is 0 Å². The van der Waals surface area contributed by atoms with Gasteiger partial charge in [-0.05, 0) is 6.92 Å². The van der Waals surface area contributed by atoms with E-state index in [1.165, 1.54) is 0 Å². The van der Waals surface area contributed by atoms with Crippen LogP contribution in [0, 0.1) is 6.92 Å². The molecule has 0 aliphatic heterocycles. The van der Waals surface area contributed by atoms with Crippen molar-refractivity contribution in [2.24, 2.45) is 0 Å². The van der Waals surface area contributed by atoms with Gasteiger partial charge in [0.05, 0.1) is 6.54 Å². The molecule has 0 aliphatic carbocycles. The van der Waals surface area contributed by atoms with E-state index in [0.29, 0.717) is 36.1 Å². The largest absolute Gasteiger partial charge is 0.357 e. The minimum atomic E-state index is 0.362. The van der Waals surface area contributed by atoms with Gasteiger partial charge in [0, 0.05) is 21.1 Å². The molecule has 0 unspecified atom stereocenters. The first kappa shape index (κ1) is 13.0. The van der Waals surface area contributed by atoms with Crippen molar-refractivity contribution in [3.63, 3.8) is 0 Å². The van der Waals surface area contributed by atoms with Gasteiger partial charge in [-0.3, -0.25) is 0 Å². The predicted molar refractivity (Wildman–Crippen MR) is 70.1 cm³/mol. The van der Waals surface area contributed by atoms with E-state index in [-0.39, 0.29) is 0 Å². The smallest absolute Gasteiger partial charge is 0.246 e. The van der Waals surface area contributed by atoms with E-state index < -0.39 is 0 Å². The Bertz CT molecular complexity index is 552. The van der Waals surface area contributed by atoms with Crippen LogP contribution in [-0.4, -0.2) is 46.2 Å². The first-order valence-corrected chi connectivity index (χ1v) is 5.72. The number of anilines is 3. The van der Waals surface area contributed by atoms with Gasteiger partial charge in [-0.1, -0.05) is 5.16 Å². The molecule has 0 amide bonds. The zero-order valence-electron chi connectivity index (χ0n) is 11.3. The molecular weight excluding hydrogens is 248 g/mol. The summed E-state index contributed by atoms with van der Waals surface area (Å²) < 4.78 is 5.00. The highest BCUT2D eigenvalue weighted by molar-refractivity contribution is 5.42. The van der Waals surface area contributed by atoms with Gasteiger partial charge in [0.25, 0.3) is 0 Å². The Labute approximate surface area is 110 Å². The van der Waals surface area contributed by atoms with Crippen LogP contribution in [-0.2, 0) is 6.54 Å². The minimum Gasteiger partial charge on any atom is -0.357 e. The molecule has 19 heavy (non-hydrogen) atoms. The maximum absolute atomic E-state index is 5.00. The number of hydrogen-bond acceptors (Lipinski definition) is 9. The van der Waals surface area contributed by atoms with Crippen LogP contribution in [0.2, 0.25) is 0 Å². The second-order valence-corrected chi connectivity index (χ2v) is 4.02. The fourth-order valence-electron chi connectivity index (χ4n) is 1.32. The van der Waals surface area contributed by atoms with Gasteiger partial charge >= 0.3 is 0 Å². The molecule has 2 aromatic rings. The minimum absolute atomic E-state index is 0.362. The second kappa shape index (κ2) is 5.46. The molecule has 0 aromatic carbocycles. The number of hydrogen-bond donors (Lipinski definition) is 2. The highest BCUT2D eigenvalue weighted by Gasteiger charge is 2.08. The maximum Gasteiger partial charge on any atom is 0.246 e. The number of aryl methyl sites for hydroxylation is 1. The lowest BCUT2D eigenvalue weighted by atomic mass is 10.6. The highest BCUT2D eigenvalue weighted by atomic mass is 16.5. The molecule has 0 aliphatic rings. The van der Waals surface area contributed by atoms with E-state index in [1.807, 2.05) is 14.1 Å². The first-order chi connectivity index (χ1) is 9.08. The van der Waals surface area contributed by atoms with Gasteiger partial charge in [-0.15, -0.1) is 0 Å². The molecule has 0 fully saturated rings. The van der Waals surface area contributed by atoms with Crippen molar-refractivity contribution in [2.45, 2.75) is 13.5 Å². The quantitative estimate of drug-likeness (QED) is 0.787. The van der Waals surface area contributed by atoms with Crippen molar-refractivity contribution in [2.75, 3.05) is 36.7 Å². The summed E-state index contributed by atoms with van der Waals surface area (Å²) in [7, 11) is 5.47. The summed E-state index contributed by atoms with van der Waals surface area (Å²) in [6, 6.07) is 0. The van der Waals surface area contributed by atoms with Crippen LogP contribution in [0.1, 0.15) is 11.7 Å². The average Bonchev–Trinajstić information content (AvgIpc) is 2.81. The Morgan fingerprint density at radius 2 is 1.84 bits per heavy atom. The third kappa shape index (κ3) is 3.27. The van der Waals surface area contributed by atoms with Gasteiger partial charge in [-0.2, -0.15) is 19.9 Å². The van der Waals surface area contributed by atoms with Gasteiger partial charge < -0.3 is 20.1 Å². The normalized spacial score (nSPS) is 10.3. The molecule has 2 aromatic heterocycles. The van der Waals surface area contributed by atoms with Crippen LogP contribution in [0.4, 0.5) is 17.8 Å². The summed E-state index contributed by atoms with van der Waals surface area (Å²) >= 11 is 0. The monoisotopic (exact) mass is 264 g/mol. The van der Waals surface area contributed by atoms with Gasteiger partial charge in [0.2, 0.25) is 23.7 Å². The molecular formula is C10H16N8O. The first-order valence-electron chi connectivity index (χ1n) is 5.72. The summed E-state index contributed by atoms with van der Waals surface area (Å²) in [4.78, 5) is 18.6.